The molecule has 0 atom stereocenters. The quantitative estimate of drug-likeness (QED) is 0.805. The van der Waals surface area contributed by atoms with Crippen LogP contribution in [0, 0.1) is 0 Å². The zero-order chi connectivity index (χ0) is 12.3. The van der Waals surface area contributed by atoms with E-state index in [0.29, 0.717) is 10.9 Å². The molecule has 0 unspecified atom stereocenters. The number of hydrogen-bond acceptors (Lipinski definition) is 7. The van der Waals surface area contributed by atoms with Gasteiger partial charge >= 0.3 is 0 Å². The summed E-state index contributed by atoms with van der Waals surface area (Å²) < 4.78 is 0.922. The fourth-order valence-electron chi connectivity index (χ4n) is 0.991. The van der Waals surface area contributed by atoms with Crippen LogP contribution in [-0.4, -0.2) is 34.3 Å². The number of halogens is 1. The Morgan fingerprint density at radius 1 is 1.29 bits per heavy atom. The lowest BCUT2D eigenvalue weighted by Crippen LogP contribution is -2.07. The first-order valence-electron chi connectivity index (χ1n) is 4.75. The Hall–Kier alpha value is -0.920. The molecular weight excluding hydrogens is 278 g/mol. The normalized spacial score (nSPS) is 10.5. The highest BCUT2D eigenvalue weighted by Crippen LogP contribution is 2.28. The molecule has 0 aromatic carbocycles. The van der Waals surface area contributed by atoms with Crippen molar-refractivity contribution < 1.29 is 0 Å². The Labute approximate surface area is 112 Å². The lowest BCUT2D eigenvalue weighted by molar-refractivity contribution is 0.971. The monoisotopic (exact) mass is 287 g/mol. The lowest BCUT2D eigenvalue weighted by atomic mass is 10.5. The van der Waals surface area contributed by atoms with E-state index in [1.807, 2.05) is 19.0 Å². The van der Waals surface area contributed by atoms with Gasteiger partial charge in [-0.15, -0.1) is 10.2 Å². The zero-order valence-corrected chi connectivity index (χ0v) is 11.7. The molecular formula is C9H10ClN5S2. The Bertz CT molecular complexity index is 484. The van der Waals surface area contributed by atoms with Crippen molar-refractivity contribution in [2.75, 3.05) is 19.0 Å². The van der Waals surface area contributed by atoms with Crippen LogP contribution in [-0.2, 0) is 5.75 Å². The number of anilines is 1. The van der Waals surface area contributed by atoms with Crippen molar-refractivity contribution >= 4 is 39.8 Å². The molecule has 2 aromatic rings. The van der Waals surface area contributed by atoms with Crippen LogP contribution in [0.15, 0.2) is 16.7 Å². The minimum Gasteiger partial charge on any atom is -0.353 e. The van der Waals surface area contributed by atoms with Crippen LogP contribution in [0.4, 0.5) is 5.13 Å². The van der Waals surface area contributed by atoms with Crippen LogP contribution in [0.5, 0.6) is 0 Å². The van der Waals surface area contributed by atoms with Gasteiger partial charge in [-0.2, -0.15) is 0 Å². The van der Waals surface area contributed by atoms with Crippen molar-refractivity contribution in [3.8, 4) is 0 Å². The molecule has 0 amide bonds. The molecule has 2 aromatic heterocycles. The predicted octanol–water partition coefficient (Wildman–Crippen LogP) is 2.34. The number of hydrogen-bond donors (Lipinski definition) is 0. The largest absolute Gasteiger partial charge is 0.353 e. The molecule has 90 valence electrons. The highest BCUT2D eigenvalue weighted by molar-refractivity contribution is 8.00. The molecule has 0 bridgehead atoms. The van der Waals surface area contributed by atoms with Gasteiger partial charge in [0.1, 0.15) is 5.15 Å². The van der Waals surface area contributed by atoms with Crippen molar-refractivity contribution in [3.63, 3.8) is 0 Å². The molecule has 0 aliphatic rings. The third-order valence-corrected chi connectivity index (χ3v) is 4.25. The van der Waals surface area contributed by atoms with E-state index in [2.05, 4.69) is 20.2 Å². The molecule has 0 spiro atoms. The van der Waals surface area contributed by atoms with E-state index in [1.165, 1.54) is 0 Å². The van der Waals surface area contributed by atoms with Crippen molar-refractivity contribution in [3.05, 3.63) is 23.2 Å². The summed E-state index contributed by atoms with van der Waals surface area (Å²) in [5.74, 6) is 0.715. The first-order chi connectivity index (χ1) is 8.15. The van der Waals surface area contributed by atoms with E-state index in [4.69, 9.17) is 11.6 Å². The van der Waals surface area contributed by atoms with Gasteiger partial charge in [0, 0.05) is 19.8 Å². The highest BCUT2D eigenvalue weighted by atomic mass is 35.5. The van der Waals surface area contributed by atoms with Crippen molar-refractivity contribution in [2.24, 2.45) is 0 Å². The van der Waals surface area contributed by atoms with Crippen LogP contribution in [0.2, 0.25) is 5.15 Å². The van der Waals surface area contributed by atoms with E-state index in [1.54, 1.807) is 35.5 Å². The average Bonchev–Trinajstić information content (AvgIpc) is 2.77. The molecule has 2 heterocycles. The van der Waals surface area contributed by atoms with Crippen LogP contribution in [0.25, 0.3) is 0 Å². The molecule has 0 radical (unpaired) electrons. The van der Waals surface area contributed by atoms with Crippen LogP contribution in [0.3, 0.4) is 0 Å². The fourth-order valence-corrected chi connectivity index (χ4v) is 2.75. The van der Waals surface area contributed by atoms with Gasteiger partial charge in [-0.05, 0) is 0 Å². The summed E-state index contributed by atoms with van der Waals surface area (Å²) in [4.78, 5) is 10.1. The smallest absolute Gasteiger partial charge is 0.208 e. The topological polar surface area (TPSA) is 54.8 Å². The van der Waals surface area contributed by atoms with Crippen molar-refractivity contribution in [1.29, 1.82) is 0 Å². The van der Waals surface area contributed by atoms with E-state index in [9.17, 15) is 0 Å². The molecule has 0 aliphatic carbocycles. The number of rotatable bonds is 4. The second kappa shape index (κ2) is 5.61. The second-order valence-corrected chi connectivity index (χ2v) is 5.93. The van der Waals surface area contributed by atoms with Gasteiger partial charge in [0.25, 0.3) is 0 Å². The van der Waals surface area contributed by atoms with E-state index in [0.717, 1.165) is 15.2 Å². The summed E-state index contributed by atoms with van der Waals surface area (Å²) in [6.07, 6.45) is 3.21. The highest BCUT2D eigenvalue weighted by Gasteiger charge is 2.06. The van der Waals surface area contributed by atoms with Gasteiger partial charge < -0.3 is 4.90 Å². The first kappa shape index (κ1) is 12.5. The third-order valence-electron chi connectivity index (χ3n) is 1.80. The van der Waals surface area contributed by atoms with Crippen LogP contribution >= 0.6 is 34.7 Å². The van der Waals surface area contributed by atoms with E-state index < -0.39 is 0 Å². The van der Waals surface area contributed by atoms with Gasteiger partial charge in [0.05, 0.1) is 18.1 Å². The molecule has 0 saturated carbocycles. The summed E-state index contributed by atoms with van der Waals surface area (Å²) in [6, 6.07) is 0. The molecule has 0 aliphatic heterocycles. The van der Waals surface area contributed by atoms with Gasteiger partial charge in [0.15, 0.2) is 4.34 Å². The van der Waals surface area contributed by atoms with E-state index >= 15 is 0 Å². The standard InChI is InChI=1S/C9H10ClN5S2/c1-15(2)8-13-14-9(17-8)16-5-6-3-12-7(10)4-11-6/h3-4H,5H2,1-2H3. The minimum atomic E-state index is 0.407. The van der Waals surface area contributed by atoms with Crippen molar-refractivity contribution in [2.45, 2.75) is 10.1 Å². The maximum Gasteiger partial charge on any atom is 0.208 e. The number of thioether (sulfide) groups is 1. The molecule has 0 saturated heterocycles. The number of nitrogens with zero attached hydrogens (tertiary/aromatic N) is 5. The second-order valence-electron chi connectivity index (χ2n) is 3.36. The molecule has 5 nitrogen and oxygen atoms in total. The predicted molar refractivity (Wildman–Crippen MR) is 70.8 cm³/mol. The fraction of sp³-hybridized carbons (Fsp3) is 0.333. The Morgan fingerprint density at radius 2 is 2.12 bits per heavy atom. The minimum absolute atomic E-state index is 0.407. The zero-order valence-electron chi connectivity index (χ0n) is 9.29. The first-order valence-corrected chi connectivity index (χ1v) is 6.93. The summed E-state index contributed by atoms with van der Waals surface area (Å²) in [6.45, 7) is 0. The van der Waals surface area contributed by atoms with Gasteiger partial charge in [-0.3, -0.25) is 4.98 Å². The summed E-state index contributed by atoms with van der Waals surface area (Å²) in [5.41, 5.74) is 0.876. The van der Waals surface area contributed by atoms with Crippen LogP contribution in [0.1, 0.15) is 5.69 Å². The SMILES string of the molecule is CN(C)c1nnc(SCc2cnc(Cl)cn2)s1. The molecule has 8 heteroatoms. The van der Waals surface area contributed by atoms with Crippen LogP contribution < -0.4 is 4.90 Å². The molecule has 17 heavy (non-hydrogen) atoms. The maximum atomic E-state index is 5.66. The average molecular weight is 288 g/mol. The van der Waals surface area contributed by atoms with Crippen molar-refractivity contribution in [1.82, 2.24) is 20.2 Å². The molecule has 0 fully saturated rings. The van der Waals surface area contributed by atoms with Gasteiger partial charge in [0.2, 0.25) is 5.13 Å². The Kier molecular flexibility index (Phi) is 4.14. The van der Waals surface area contributed by atoms with Gasteiger partial charge in [-0.25, -0.2) is 4.98 Å². The summed E-state index contributed by atoms with van der Waals surface area (Å²) in [5, 5.41) is 9.45. The lowest BCUT2D eigenvalue weighted by Gasteiger charge is -2.03. The Balaban J connectivity index is 1.95. The maximum absolute atomic E-state index is 5.66. The third kappa shape index (κ3) is 3.52. The molecule has 0 N–H and O–H groups in total. The number of aromatic nitrogens is 4. The Morgan fingerprint density at radius 3 is 2.71 bits per heavy atom. The van der Waals surface area contributed by atoms with Gasteiger partial charge in [-0.1, -0.05) is 34.7 Å². The van der Waals surface area contributed by atoms with E-state index in [-0.39, 0.29) is 0 Å². The summed E-state index contributed by atoms with van der Waals surface area (Å²) in [7, 11) is 3.89. The summed E-state index contributed by atoms with van der Waals surface area (Å²) >= 11 is 8.81. The molecule has 2 rings (SSSR count).